The fraction of sp³-hybridized carbons (Fsp3) is 0.424. The van der Waals surface area contributed by atoms with E-state index in [-0.39, 0.29) is 18.2 Å². The summed E-state index contributed by atoms with van der Waals surface area (Å²) < 4.78 is 5.76. The Morgan fingerprint density at radius 3 is 2.19 bits per heavy atom. The third-order valence-corrected chi connectivity index (χ3v) is 6.87. The monoisotopic (exact) mass is 498 g/mol. The van der Waals surface area contributed by atoms with Crippen molar-refractivity contribution in [1.82, 2.24) is 0 Å². The molecule has 0 saturated heterocycles. The minimum Gasteiger partial charge on any atom is -0.443 e. The third kappa shape index (κ3) is 5.69. The molecule has 0 fully saturated rings. The smallest absolute Gasteiger partial charge is 0.415 e. The molecule has 196 valence electrons. The molecule has 0 aromatic heterocycles. The first kappa shape index (κ1) is 26.8. The van der Waals surface area contributed by atoms with Gasteiger partial charge < -0.3 is 9.64 Å². The van der Waals surface area contributed by atoms with Gasteiger partial charge in [0.1, 0.15) is 5.60 Å². The zero-order chi connectivity index (χ0) is 27.1. The van der Waals surface area contributed by atoms with Gasteiger partial charge in [-0.05, 0) is 88.3 Å². The molecule has 1 atom stereocenters. The van der Waals surface area contributed by atoms with Crippen molar-refractivity contribution in [2.45, 2.75) is 79.5 Å². The van der Waals surface area contributed by atoms with E-state index in [1.807, 2.05) is 34.6 Å². The van der Waals surface area contributed by atoms with Crippen molar-refractivity contribution in [1.29, 1.82) is 0 Å². The topological polar surface area (TPSA) is 32.8 Å². The van der Waals surface area contributed by atoms with Gasteiger partial charge in [0.2, 0.25) is 0 Å². The highest BCUT2D eigenvalue weighted by molar-refractivity contribution is 5.93. The molecule has 1 amide bonds. The van der Waals surface area contributed by atoms with Crippen molar-refractivity contribution < 1.29 is 9.53 Å². The fourth-order valence-electron chi connectivity index (χ4n) is 5.30. The summed E-state index contributed by atoms with van der Waals surface area (Å²) >= 11 is 0. The van der Waals surface area contributed by atoms with Crippen LogP contribution in [0.2, 0.25) is 0 Å². The highest BCUT2D eigenvalue weighted by Gasteiger charge is 2.32. The van der Waals surface area contributed by atoms with Crippen molar-refractivity contribution in [2.24, 2.45) is 5.92 Å². The van der Waals surface area contributed by atoms with Gasteiger partial charge in [0.05, 0.1) is 6.04 Å². The number of carbonyl (C=O) groups is 1. The lowest BCUT2D eigenvalue weighted by molar-refractivity contribution is 0.0570. The maximum Gasteiger partial charge on any atom is 0.415 e. The Balaban J connectivity index is 1.86. The van der Waals surface area contributed by atoms with Crippen LogP contribution in [0.4, 0.5) is 16.2 Å². The van der Waals surface area contributed by atoms with Crippen molar-refractivity contribution in [3.05, 3.63) is 82.9 Å². The van der Waals surface area contributed by atoms with E-state index < -0.39 is 5.60 Å². The van der Waals surface area contributed by atoms with Gasteiger partial charge in [0, 0.05) is 30.0 Å². The van der Waals surface area contributed by atoms with E-state index in [4.69, 9.17) is 4.74 Å². The molecule has 0 aliphatic carbocycles. The van der Waals surface area contributed by atoms with Crippen LogP contribution in [0.25, 0.3) is 11.1 Å². The van der Waals surface area contributed by atoms with E-state index in [0.717, 1.165) is 17.8 Å². The van der Waals surface area contributed by atoms with Gasteiger partial charge in [-0.1, -0.05) is 67.9 Å². The van der Waals surface area contributed by atoms with Crippen LogP contribution in [-0.4, -0.2) is 24.8 Å². The number of benzene rings is 3. The number of rotatable bonds is 5. The van der Waals surface area contributed by atoms with E-state index in [0.29, 0.717) is 5.92 Å². The summed E-state index contributed by atoms with van der Waals surface area (Å²) in [5.74, 6) is 0.599. The van der Waals surface area contributed by atoms with Gasteiger partial charge in [-0.25, -0.2) is 4.79 Å². The summed E-state index contributed by atoms with van der Waals surface area (Å²) in [5.41, 5.74) is 9.06. The number of ether oxygens (including phenoxy) is 1. The molecule has 37 heavy (non-hydrogen) atoms. The van der Waals surface area contributed by atoms with Crippen LogP contribution in [0.3, 0.4) is 0 Å². The number of fused-ring (bicyclic) bond motifs is 3. The Labute approximate surface area is 223 Å². The highest BCUT2D eigenvalue weighted by Crippen LogP contribution is 2.48. The Morgan fingerprint density at radius 1 is 0.946 bits per heavy atom. The lowest BCUT2D eigenvalue weighted by atomic mass is 9.83. The Hall–Kier alpha value is -3.27. The van der Waals surface area contributed by atoms with Crippen LogP contribution < -0.4 is 9.80 Å². The molecule has 3 aromatic carbocycles. The quantitative estimate of drug-likeness (QED) is 0.353. The van der Waals surface area contributed by atoms with Crippen molar-refractivity contribution in [3.8, 4) is 11.1 Å². The van der Waals surface area contributed by atoms with Crippen LogP contribution in [-0.2, 0) is 11.2 Å². The molecule has 1 aliphatic heterocycles. The fourth-order valence-corrected chi connectivity index (χ4v) is 5.30. The highest BCUT2D eigenvalue weighted by atomic mass is 16.6. The van der Waals surface area contributed by atoms with Crippen LogP contribution in [0.1, 0.15) is 76.8 Å². The average molecular weight is 499 g/mol. The van der Waals surface area contributed by atoms with Crippen molar-refractivity contribution >= 4 is 17.5 Å². The van der Waals surface area contributed by atoms with Crippen molar-refractivity contribution in [3.63, 3.8) is 0 Å². The Kier molecular flexibility index (Phi) is 7.41. The third-order valence-electron chi connectivity index (χ3n) is 6.87. The minimum atomic E-state index is -0.557. The predicted octanol–water partition coefficient (Wildman–Crippen LogP) is 8.55. The minimum absolute atomic E-state index is 0.0411. The molecule has 0 N–H and O–H groups in total. The molecule has 1 aliphatic rings. The van der Waals surface area contributed by atoms with E-state index in [9.17, 15) is 4.79 Å². The lowest BCUT2D eigenvalue weighted by Gasteiger charge is -2.39. The maximum absolute atomic E-state index is 13.2. The standard InChI is InChI=1S/C33H42N2O2/c1-21(2)18-24-12-16-27-28-17-15-26(35(22(3)4)32(36)37-33(6,7)8)20-30(28)34(9)31(29(27)19-24)25-13-10-23(5)11-14-25/h10-17,19-22,31H,18H2,1-9H3. The summed E-state index contributed by atoms with van der Waals surface area (Å²) in [7, 11) is 2.17. The molecule has 1 unspecified atom stereocenters. The van der Waals surface area contributed by atoms with E-state index in [1.54, 1.807) is 4.90 Å². The van der Waals surface area contributed by atoms with Crippen LogP contribution >= 0.6 is 0 Å². The second-order valence-corrected chi connectivity index (χ2v) is 12.1. The van der Waals surface area contributed by atoms with Gasteiger partial charge in [0.25, 0.3) is 0 Å². The molecule has 1 heterocycles. The van der Waals surface area contributed by atoms with Gasteiger partial charge >= 0.3 is 6.09 Å². The first-order valence-corrected chi connectivity index (χ1v) is 13.4. The number of aryl methyl sites for hydroxylation is 1. The first-order valence-electron chi connectivity index (χ1n) is 13.4. The molecule has 0 radical (unpaired) electrons. The first-order chi connectivity index (χ1) is 17.4. The second-order valence-electron chi connectivity index (χ2n) is 12.1. The summed E-state index contributed by atoms with van der Waals surface area (Å²) in [6.07, 6.45) is 0.734. The summed E-state index contributed by atoms with van der Waals surface area (Å²) in [5, 5.41) is 0. The Bertz CT molecular complexity index is 1270. The van der Waals surface area contributed by atoms with E-state index in [2.05, 4.69) is 93.4 Å². The lowest BCUT2D eigenvalue weighted by Crippen LogP contribution is -2.41. The van der Waals surface area contributed by atoms with Crippen LogP contribution in [0, 0.1) is 12.8 Å². The molecule has 0 spiro atoms. The zero-order valence-electron chi connectivity index (χ0n) is 23.9. The van der Waals surface area contributed by atoms with Gasteiger partial charge in [-0.3, -0.25) is 4.90 Å². The average Bonchev–Trinajstić information content (AvgIpc) is 2.78. The SMILES string of the molecule is Cc1ccc(C2c3cc(CC(C)C)ccc3-c3ccc(N(C(=O)OC(C)(C)C)C(C)C)cc3N2C)cc1. The maximum atomic E-state index is 13.2. The molecular weight excluding hydrogens is 456 g/mol. The number of anilines is 2. The molecular formula is C33H42N2O2. The number of carbonyl (C=O) groups excluding carboxylic acids is 1. The molecule has 4 heteroatoms. The summed E-state index contributed by atoms with van der Waals surface area (Å²) in [6.45, 7) is 16.4. The molecule has 4 rings (SSSR count). The zero-order valence-corrected chi connectivity index (χ0v) is 23.9. The number of nitrogens with zero attached hydrogens (tertiary/aromatic N) is 2. The van der Waals surface area contributed by atoms with Gasteiger partial charge in [-0.15, -0.1) is 0 Å². The predicted molar refractivity (Wildman–Crippen MR) is 156 cm³/mol. The van der Waals surface area contributed by atoms with Gasteiger partial charge in [0.15, 0.2) is 0 Å². The number of hydrogen-bond donors (Lipinski definition) is 0. The van der Waals surface area contributed by atoms with E-state index in [1.165, 1.54) is 33.4 Å². The van der Waals surface area contributed by atoms with Gasteiger partial charge in [-0.2, -0.15) is 0 Å². The number of hydrogen-bond acceptors (Lipinski definition) is 3. The molecule has 4 nitrogen and oxygen atoms in total. The van der Waals surface area contributed by atoms with Crippen LogP contribution in [0.15, 0.2) is 60.7 Å². The molecule has 0 bridgehead atoms. The van der Waals surface area contributed by atoms with E-state index >= 15 is 0 Å². The summed E-state index contributed by atoms with van der Waals surface area (Å²) in [6, 6.07) is 22.2. The Morgan fingerprint density at radius 2 is 1.59 bits per heavy atom. The molecule has 0 saturated carbocycles. The number of amides is 1. The molecule has 3 aromatic rings. The summed E-state index contributed by atoms with van der Waals surface area (Å²) in [4.78, 5) is 17.3. The second kappa shape index (κ2) is 10.2. The largest absolute Gasteiger partial charge is 0.443 e. The van der Waals surface area contributed by atoms with Crippen molar-refractivity contribution in [2.75, 3.05) is 16.8 Å². The normalized spacial score (nSPS) is 15.0. The van der Waals surface area contributed by atoms with Crippen LogP contribution in [0.5, 0.6) is 0 Å².